The van der Waals surface area contributed by atoms with Gasteiger partial charge in [-0.05, 0) is 13.8 Å². The van der Waals surface area contributed by atoms with Crippen molar-refractivity contribution in [2.45, 2.75) is 38.6 Å². The molecule has 0 unspecified atom stereocenters. The summed E-state index contributed by atoms with van der Waals surface area (Å²) in [6.45, 7) is 3.50. The van der Waals surface area contributed by atoms with Gasteiger partial charge in [-0.2, -0.15) is 0 Å². The minimum absolute atomic E-state index is 0.146. The van der Waals surface area contributed by atoms with E-state index in [4.69, 9.17) is 4.74 Å². The fourth-order valence-electron chi connectivity index (χ4n) is 0.713. The normalized spacial score (nSPS) is 28.4. The average molecular weight is 161 g/mol. The zero-order chi connectivity index (χ0) is 8.43. The monoisotopic (exact) mass is 161 g/mol. The van der Waals surface area contributed by atoms with Gasteiger partial charge in [0.25, 0.3) is 0 Å². The molecule has 0 aromatic rings. The lowest BCUT2D eigenvalue weighted by atomic mass is 10.5. The number of halogens is 1. The first-order chi connectivity index (χ1) is 5.09. The minimum Gasteiger partial charge on any atom is -0.447 e. The second kappa shape index (κ2) is 3.07. The number of carbonyl (C=O) groups excluding carboxylic acids is 1. The second-order valence-corrected chi connectivity index (χ2v) is 2.96. The summed E-state index contributed by atoms with van der Waals surface area (Å²) < 4.78 is 16.9. The van der Waals surface area contributed by atoms with Crippen molar-refractivity contribution < 1.29 is 13.9 Å². The number of ether oxygens (including phenoxy) is 1. The van der Waals surface area contributed by atoms with Gasteiger partial charge in [-0.3, -0.25) is 0 Å². The number of nitrogens with one attached hydrogen (secondary N) is 1. The fourth-order valence-corrected chi connectivity index (χ4v) is 0.713. The Kier molecular flexibility index (Phi) is 2.31. The summed E-state index contributed by atoms with van der Waals surface area (Å²) in [6, 6.07) is -0.304. The van der Waals surface area contributed by atoms with Gasteiger partial charge < -0.3 is 10.1 Å². The lowest BCUT2D eigenvalue weighted by Crippen LogP contribution is -2.29. The highest BCUT2D eigenvalue weighted by Crippen LogP contribution is 2.24. The molecule has 1 saturated carbocycles. The number of amides is 1. The van der Waals surface area contributed by atoms with E-state index in [-0.39, 0.29) is 12.1 Å². The van der Waals surface area contributed by atoms with E-state index in [2.05, 4.69) is 5.32 Å². The molecule has 0 heterocycles. The maximum absolute atomic E-state index is 12.2. The van der Waals surface area contributed by atoms with Crippen LogP contribution in [0.25, 0.3) is 0 Å². The van der Waals surface area contributed by atoms with Crippen LogP contribution in [0.15, 0.2) is 0 Å². The van der Waals surface area contributed by atoms with Gasteiger partial charge in [0.2, 0.25) is 0 Å². The molecular weight excluding hydrogens is 149 g/mol. The number of carbonyl (C=O) groups is 1. The summed E-state index contributed by atoms with van der Waals surface area (Å²) in [6.07, 6.45) is -1.11. The number of alkyl halides is 1. The van der Waals surface area contributed by atoms with Gasteiger partial charge >= 0.3 is 6.09 Å². The molecular formula is C7H12FNO2. The Hall–Kier alpha value is -0.800. The van der Waals surface area contributed by atoms with E-state index in [0.717, 1.165) is 0 Å². The Morgan fingerprint density at radius 1 is 1.73 bits per heavy atom. The predicted molar refractivity (Wildman–Crippen MR) is 38.1 cm³/mol. The standard InChI is InChI=1S/C7H12FNO2/c1-4(2)11-7(10)9-6-3-5(6)8/h4-6H,3H2,1-2H3,(H,9,10)/t5-,6+/m1/s1. The first-order valence-electron chi connectivity index (χ1n) is 3.71. The highest BCUT2D eigenvalue weighted by molar-refractivity contribution is 5.68. The molecule has 1 rings (SSSR count). The summed E-state index contributed by atoms with van der Waals surface area (Å²) in [5.74, 6) is 0. The third-order valence-corrected chi connectivity index (χ3v) is 1.36. The Balaban J connectivity index is 2.11. The van der Waals surface area contributed by atoms with Crippen molar-refractivity contribution in [1.82, 2.24) is 5.32 Å². The van der Waals surface area contributed by atoms with Gasteiger partial charge in [0, 0.05) is 6.42 Å². The van der Waals surface area contributed by atoms with E-state index in [1.165, 1.54) is 0 Å². The minimum atomic E-state index is -0.866. The molecule has 11 heavy (non-hydrogen) atoms. The summed E-state index contributed by atoms with van der Waals surface area (Å²) in [7, 11) is 0. The Morgan fingerprint density at radius 3 is 2.64 bits per heavy atom. The van der Waals surface area contributed by atoms with Crippen LogP contribution in [0.1, 0.15) is 20.3 Å². The van der Waals surface area contributed by atoms with E-state index in [1.807, 2.05) is 0 Å². The maximum Gasteiger partial charge on any atom is 0.407 e. The van der Waals surface area contributed by atoms with Crippen molar-refractivity contribution in [2.24, 2.45) is 0 Å². The van der Waals surface area contributed by atoms with Crippen LogP contribution in [-0.4, -0.2) is 24.4 Å². The van der Waals surface area contributed by atoms with Crippen LogP contribution < -0.4 is 5.32 Å². The maximum atomic E-state index is 12.2. The largest absolute Gasteiger partial charge is 0.447 e. The van der Waals surface area contributed by atoms with E-state index >= 15 is 0 Å². The molecule has 0 aromatic heterocycles. The van der Waals surface area contributed by atoms with Crippen LogP contribution in [0.2, 0.25) is 0 Å². The van der Waals surface area contributed by atoms with Gasteiger partial charge in [-0.15, -0.1) is 0 Å². The highest BCUT2D eigenvalue weighted by atomic mass is 19.1. The molecule has 1 N–H and O–H groups in total. The smallest absolute Gasteiger partial charge is 0.407 e. The van der Waals surface area contributed by atoms with Gasteiger partial charge in [0.15, 0.2) is 0 Å². The lowest BCUT2D eigenvalue weighted by Gasteiger charge is -2.07. The second-order valence-electron chi connectivity index (χ2n) is 2.96. The van der Waals surface area contributed by atoms with Crippen LogP contribution >= 0.6 is 0 Å². The van der Waals surface area contributed by atoms with Gasteiger partial charge in [-0.25, -0.2) is 9.18 Å². The highest BCUT2D eigenvalue weighted by Gasteiger charge is 2.39. The quantitative estimate of drug-likeness (QED) is 0.661. The molecule has 2 atom stereocenters. The predicted octanol–water partition coefficient (Wildman–Crippen LogP) is 1.23. The summed E-state index contributed by atoms with van der Waals surface area (Å²) in [4.78, 5) is 10.7. The Bertz CT molecular complexity index is 161. The molecule has 1 amide bonds. The third kappa shape index (κ3) is 2.74. The van der Waals surface area contributed by atoms with Crippen LogP contribution in [0.4, 0.5) is 9.18 Å². The molecule has 0 spiro atoms. The molecule has 1 aliphatic carbocycles. The van der Waals surface area contributed by atoms with Crippen molar-refractivity contribution in [3.63, 3.8) is 0 Å². The number of hydrogen-bond donors (Lipinski definition) is 1. The molecule has 1 aliphatic rings. The van der Waals surface area contributed by atoms with Gasteiger partial charge in [-0.1, -0.05) is 0 Å². The first-order valence-corrected chi connectivity index (χ1v) is 3.71. The molecule has 3 nitrogen and oxygen atoms in total. The molecule has 0 saturated heterocycles. The van der Waals surface area contributed by atoms with Gasteiger partial charge in [0.05, 0.1) is 12.1 Å². The molecule has 4 heteroatoms. The van der Waals surface area contributed by atoms with E-state index in [0.29, 0.717) is 6.42 Å². The van der Waals surface area contributed by atoms with Crippen molar-refractivity contribution >= 4 is 6.09 Å². The molecule has 0 radical (unpaired) electrons. The molecule has 64 valence electrons. The van der Waals surface area contributed by atoms with Crippen molar-refractivity contribution in [3.8, 4) is 0 Å². The van der Waals surface area contributed by atoms with E-state index in [9.17, 15) is 9.18 Å². The number of alkyl carbamates (subject to hydrolysis) is 1. The zero-order valence-electron chi connectivity index (χ0n) is 6.63. The molecule has 0 bridgehead atoms. The molecule has 0 aliphatic heterocycles. The summed E-state index contributed by atoms with van der Waals surface area (Å²) in [5, 5.41) is 2.40. The first kappa shape index (κ1) is 8.30. The fraction of sp³-hybridized carbons (Fsp3) is 0.857. The van der Waals surface area contributed by atoms with Crippen LogP contribution in [0, 0.1) is 0 Å². The van der Waals surface area contributed by atoms with Crippen molar-refractivity contribution in [3.05, 3.63) is 0 Å². The SMILES string of the molecule is CC(C)OC(=O)N[C@H]1C[C@H]1F. The summed E-state index contributed by atoms with van der Waals surface area (Å²) >= 11 is 0. The molecule has 1 fully saturated rings. The Labute approximate surface area is 64.9 Å². The third-order valence-electron chi connectivity index (χ3n) is 1.36. The van der Waals surface area contributed by atoms with E-state index < -0.39 is 12.3 Å². The number of hydrogen-bond acceptors (Lipinski definition) is 2. The lowest BCUT2D eigenvalue weighted by molar-refractivity contribution is 0.114. The van der Waals surface area contributed by atoms with E-state index in [1.54, 1.807) is 13.8 Å². The van der Waals surface area contributed by atoms with Gasteiger partial charge in [0.1, 0.15) is 6.17 Å². The average Bonchev–Trinajstić information content (AvgIpc) is 2.43. The van der Waals surface area contributed by atoms with Crippen LogP contribution in [0.3, 0.4) is 0 Å². The van der Waals surface area contributed by atoms with Crippen LogP contribution in [0.5, 0.6) is 0 Å². The topological polar surface area (TPSA) is 38.3 Å². The number of rotatable bonds is 2. The Morgan fingerprint density at radius 2 is 2.27 bits per heavy atom. The van der Waals surface area contributed by atoms with Crippen molar-refractivity contribution in [2.75, 3.05) is 0 Å². The molecule has 0 aromatic carbocycles. The zero-order valence-corrected chi connectivity index (χ0v) is 6.63. The van der Waals surface area contributed by atoms with Crippen molar-refractivity contribution in [1.29, 1.82) is 0 Å². The summed E-state index contributed by atoms with van der Waals surface area (Å²) in [5.41, 5.74) is 0. The van der Waals surface area contributed by atoms with Crippen LogP contribution in [-0.2, 0) is 4.74 Å².